The number of aldehydes is 1. The number of anilines is 1. The smallest absolute Gasteiger partial charge is 0.335 e. The van der Waals surface area contributed by atoms with Crippen LogP contribution in [0.4, 0.5) is 5.69 Å². The Kier molecular flexibility index (Phi) is 2.93. The van der Waals surface area contributed by atoms with Gasteiger partial charge in [0.15, 0.2) is 6.29 Å². The first-order chi connectivity index (χ1) is 8.10. The van der Waals surface area contributed by atoms with E-state index >= 15 is 0 Å². The van der Waals surface area contributed by atoms with Crippen LogP contribution in [0.1, 0.15) is 20.0 Å². The van der Waals surface area contributed by atoms with Gasteiger partial charge in [-0.15, -0.1) is 11.3 Å². The Hall–Kier alpha value is -2.14. The summed E-state index contributed by atoms with van der Waals surface area (Å²) in [5.41, 5.74) is 7.67. The maximum atomic E-state index is 10.9. The third kappa shape index (κ3) is 2.34. The number of aromatic carboxylic acids is 1. The van der Waals surface area contributed by atoms with E-state index in [1.807, 2.05) is 0 Å². The highest BCUT2D eigenvalue weighted by Gasteiger charge is 2.08. The quantitative estimate of drug-likeness (QED) is 0.645. The lowest BCUT2D eigenvalue weighted by Gasteiger charge is -2.02. The molecule has 0 atom stereocenters. The van der Waals surface area contributed by atoms with Gasteiger partial charge in [0.25, 0.3) is 0 Å². The highest BCUT2D eigenvalue weighted by atomic mass is 32.1. The zero-order valence-corrected chi connectivity index (χ0v) is 9.53. The summed E-state index contributed by atoms with van der Waals surface area (Å²) in [5, 5.41) is 10.7. The Morgan fingerprint density at radius 1 is 1.24 bits per heavy atom. The molecule has 4 nitrogen and oxygen atoms in total. The Labute approximate surface area is 101 Å². The number of nitrogen functional groups attached to an aromatic ring is 1. The van der Waals surface area contributed by atoms with Crippen molar-refractivity contribution in [3.63, 3.8) is 0 Å². The van der Waals surface area contributed by atoms with Gasteiger partial charge in [-0.25, -0.2) is 4.79 Å². The lowest BCUT2D eigenvalue weighted by Crippen LogP contribution is -1.98. The molecule has 0 bridgehead atoms. The monoisotopic (exact) mass is 247 g/mol. The Balaban J connectivity index is 2.51. The van der Waals surface area contributed by atoms with E-state index in [0.29, 0.717) is 16.1 Å². The number of carboxylic acids is 1. The van der Waals surface area contributed by atoms with Gasteiger partial charge in [-0.1, -0.05) is 0 Å². The van der Waals surface area contributed by atoms with Crippen LogP contribution >= 0.6 is 11.3 Å². The van der Waals surface area contributed by atoms with E-state index in [1.54, 1.807) is 17.5 Å². The molecular weight excluding hydrogens is 238 g/mol. The number of hydrogen-bond donors (Lipinski definition) is 2. The summed E-state index contributed by atoms with van der Waals surface area (Å²) in [6.45, 7) is 0. The van der Waals surface area contributed by atoms with Crippen LogP contribution < -0.4 is 5.73 Å². The highest BCUT2D eigenvalue weighted by molar-refractivity contribution is 7.12. The van der Waals surface area contributed by atoms with Crippen LogP contribution in [0.15, 0.2) is 29.6 Å². The predicted octanol–water partition coefficient (Wildman–Crippen LogP) is 2.51. The minimum absolute atomic E-state index is 0.138. The molecule has 0 radical (unpaired) electrons. The van der Waals surface area contributed by atoms with Gasteiger partial charge in [-0.05, 0) is 40.8 Å². The van der Waals surface area contributed by atoms with Crippen LogP contribution in [0.2, 0.25) is 0 Å². The summed E-state index contributed by atoms with van der Waals surface area (Å²) in [4.78, 5) is 22.1. The summed E-state index contributed by atoms with van der Waals surface area (Å²) in [6.07, 6.45) is 0.762. The fraction of sp³-hybridized carbons (Fsp3) is 0. The van der Waals surface area contributed by atoms with Gasteiger partial charge in [0.2, 0.25) is 0 Å². The maximum Gasteiger partial charge on any atom is 0.335 e. The van der Waals surface area contributed by atoms with Crippen LogP contribution in [0.25, 0.3) is 11.1 Å². The standard InChI is InChI=1S/C12H9NO3S/c13-10-2-7(1-8(3-10)12(15)16)9-4-11(5-14)17-6-9/h1-6H,13H2,(H,15,16). The van der Waals surface area contributed by atoms with Crippen LogP contribution in [0.5, 0.6) is 0 Å². The molecule has 5 heteroatoms. The predicted molar refractivity (Wildman–Crippen MR) is 66.5 cm³/mol. The van der Waals surface area contributed by atoms with Crippen molar-refractivity contribution in [2.75, 3.05) is 5.73 Å². The SMILES string of the molecule is Nc1cc(C(=O)O)cc(-c2csc(C=O)c2)c1. The number of thiophene rings is 1. The largest absolute Gasteiger partial charge is 0.478 e. The van der Waals surface area contributed by atoms with Crippen molar-refractivity contribution in [2.24, 2.45) is 0 Å². The fourth-order valence-corrected chi connectivity index (χ4v) is 2.23. The molecule has 17 heavy (non-hydrogen) atoms. The zero-order valence-electron chi connectivity index (χ0n) is 8.71. The van der Waals surface area contributed by atoms with E-state index in [-0.39, 0.29) is 5.56 Å². The summed E-state index contributed by atoms with van der Waals surface area (Å²) < 4.78 is 0. The number of benzene rings is 1. The van der Waals surface area contributed by atoms with Crippen molar-refractivity contribution < 1.29 is 14.7 Å². The summed E-state index contributed by atoms with van der Waals surface area (Å²) >= 11 is 1.31. The highest BCUT2D eigenvalue weighted by Crippen LogP contribution is 2.27. The summed E-state index contributed by atoms with van der Waals surface area (Å²) in [5.74, 6) is -1.02. The zero-order chi connectivity index (χ0) is 12.4. The van der Waals surface area contributed by atoms with Gasteiger partial charge in [-0.2, -0.15) is 0 Å². The Bertz CT molecular complexity index is 589. The van der Waals surface area contributed by atoms with E-state index in [9.17, 15) is 9.59 Å². The van der Waals surface area contributed by atoms with Gasteiger partial charge < -0.3 is 10.8 Å². The van der Waals surface area contributed by atoms with Crippen molar-refractivity contribution in [3.8, 4) is 11.1 Å². The molecule has 0 aliphatic carbocycles. The molecule has 2 aromatic rings. The molecule has 0 saturated heterocycles. The van der Waals surface area contributed by atoms with Crippen molar-refractivity contribution >= 4 is 29.3 Å². The number of carbonyl (C=O) groups excluding carboxylic acids is 1. The summed E-state index contributed by atoms with van der Waals surface area (Å²) in [7, 11) is 0. The first kappa shape index (κ1) is 11.3. The normalized spacial score (nSPS) is 10.1. The molecule has 1 aromatic carbocycles. The lowest BCUT2D eigenvalue weighted by atomic mass is 10.0. The van der Waals surface area contributed by atoms with E-state index in [4.69, 9.17) is 10.8 Å². The van der Waals surface area contributed by atoms with E-state index in [1.165, 1.54) is 23.5 Å². The second-order valence-electron chi connectivity index (χ2n) is 3.50. The fourth-order valence-electron chi connectivity index (χ4n) is 1.51. The third-order valence-corrected chi connectivity index (χ3v) is 3.13. The molecule has 0 amide bonds. The second kappa shape index (κ2) is 4.39. The van der Waals surface area contributed by atoms with Crippen molar-refractivity contribution in [1.82, 2.24) is 0 Å². The van der Waals surface area contributed by atoms with Gasteiger partial charge in [-0.3, -0.25) is 4.79 Å². The molecule has 0 aliphatic heterocycles. The Morgan fingerprint density at radius 3 is 2.59 bits per heavy atom. The van der Waals surface area contributed by atoms with E-state index in [0.717, 1.165) is 11.8 Å². The number of carboxylic acid groups (broad SMARTS) is 1. The average molecular weight is 247 g/mol. The molecule has 1 heterocycles. The number of carbonyl (C=O) groups is 2. The van der Waals surface area contributed by atoms with Crippen LogP contribution in [-0.2, 0) is 0 Å². The molecule has 0 fully saturated rings. The molecule has 0 unspecified atom stereocenters. The number of rotatable bonds is 3. The van der Waals surface area contributed by atoms with Crippen molar-refractivity contribution in [3.05, 3.63) is 40.1 Å². The van der Waals surface area contributed by atoms with Gasteiger partial charge in [0.05, 0.1) is 10.4 Å². The minimum atomic E-state index is -1.02. The molecular formula is C12H9NO3S. The molecule has 3 N–H and O–H groups in total. The van der Waals surface area contributed by atoms with Crippen LogP contribution in [0.3, 0.4) is 0 Å². The average Bonchev–Trinajstić information content (AvgIpc) is 2.76. The molecule has 0 spiro atoms. The van der Waals surface area contributed by atoms with Gasteiger partial charge >= 0.3 is 5.97 Å². The minimum Gasteiger partial charge on any atom is -0.478 e. The molecule has 2 rings (SSSR count). The van der Waals surface area contributed by atoms with Gasteiger partial charge in [0.1, 0.15) is 0 Å². The van der Waals surface area contributed by atoms with Crippen LogP contribution in [-0.4, -0.2) is 17.4 Å². The topological polar surface area (TPSA) is 80.4 Å². The Morgan fingerprint density at radius 2 is 2.00 bits per heavy atom. The van der Waals surface area contributed by atoms with Crippen molar-refractivity contribution in [2.45, 2.75) is 0 Å². The molecule has 0 saturated carbocycles. The first-order valence-corrected chi connectivity index (χ1v) is 5.66. The third-order valence-electron chi connectivity index (χ3n) is 2.27. The lowest BCUT2D eigenvalue weighted by molar-refractivity contribution is 0.0697. The molecule has 1 aromatic heterocycles. The summed E-state index contributed by atoms with van der Waals surface area (Å²) in [6, 6.07) is 6.33. The van der Waals surface area contributed by atoms with Crippen LogP contribution in [0, 0.1) is 0 Å². The van der Waals surface area contributed by atoms with Gasteiger partial charge in [0, 0.05) is 5.69 Å². The first-order valence-electron chi connectivity index (χ1n) is 4.78. The molecule has 0 aliphatic rings. The van der Waals surface area contributed by atoms with Crippen molar-refractivity contribution in [1.29, 1.82) is 0 Å². The van der Waals surface area contributed by atoms with E-state index in [2.05, 4.69) is 0 Å². The second-order valence-corrected chi connectivity index (χ2v) is 4.45. The maximum absolute atomic E-state index is 10.9. The number of hydrogen-bond acceptors (Lipinski definition) is 4. The molecule has 86 valence electrons. The van der Waals surface area contributed by atoms with E-state index < -0.39 is 5.97 Å². The number of nitrogens with two attached hydrogens (primary N) is 1.